The maximum atomic E-state index is 10.6. The van der Waals surface area contributed by atoms with E-state index in [9.17, 15) is 30.0 Å². The van der Waals surface area contributed by atoms with E-state index in [-0.39, 0.29) is 24.4 Å². The molecule has 6 unspecified atom stereocenters. The molecule has 0 aliphatic carbocycles. The van der Waals surface area contributed by atoms with E-state index in [1.165, 1.54) is 9.75 Å². The van der Waals surface area contributed by atoms with E-state index in [0.717, 1.165) is 25.9 Å². The Kier molecular flexibility index (Phi) is 22.3. The van der Waals surface area contributed by atoms with E-state index in [2.05, 4.69) is 71.9 Å². The number of hydrogen-bond acceptors (Lipinski definition) is 10. The van der Waals surface area contributed by atoms with Crippen LogP contribution in [-0.4, -0.2) is 43.5 Å². The number of carboxylic acid groups (broad SMARTS) is 2. The largest absolute Gasteiger partial charge is 0.550 e. The summed E-state index contributed by atoms with van der Waals surface area (Å²) in [5.41, 5.74) is 1.34. The average molecular weight is 997 g/mol. The molecular formula is C46H54Cl4N4O8S2. The van der Waals surface area contributed by atoms with Crippen molar-refractivity contribution in [3.8, 4) is 0 Å². The summed E-state index contributed by atoms with van der Waals surface area (Å²) in [4.78, 5) is 21.4. The van der Waals surface area contributed by atoms with E-state index < -0.39 is 37.0 Å². The zero-order valence-electron chi connectivity index (χ0n) is 36.0. The van der Waals surface area contributed by atoms with Crippen molar-refractivity contribution in [1.82, 2.24) is 9.13 Å². The molecule has 0 bridgehead atoms. The molecule has 18 heteroatoms. The molecule has 64 heavy (non-hydrogen) atoms. The Balaban J connectivity index is 0.000000240. The molecule has 346 valence electrons. The van der Waals surface area contributed by atoms with Gasteiger partial charge in [-0.05, 0) is 86.7 Å². The summed E-state index contributed by atoms with van der Waals surface area (Å²) in [7, 11) is 0. The zero-order valence-corrected chi connectivity index (χ0v) is 40.6. The molecule has 0 aliphatic heterocycles. The minimum atomic E-state index is -1.37. The Labute approximate surface area is 402 Å². The third-order valence-electron chi connectivity index (χ3n) is 9.85. The average Bonchev–Trinajstić information content (AvgIpc) is 4.10. The first-order valence-corrected chi connectivity index (χ1v) is 23.9. The molecule has 0 aliphatic rings. The van der Waals surface area contributed by atoms with Crippen LogP contribution in [0.3, 0.4) is 0 Å². The van der Waals surface area contributed by atoms with Crippen LogP contribution in [0.15, 0.2) is 109 Å². The van der Waals surface area contributed by atoms with Crippen molar-refractivity contribution in [2.75, 3.05) is 0 Å². The maximum Gasteiger partial charge on any atom is 0.243 e. The molecule has 0 spiro atoms. The first-order valence-electron chi connectivity index (χ1n) is 20.7. The predicted molar refractivity (Wildman–Crippen MR) is 247 cm³/mol. The normalized spacial score (nSPS) is 14.0. The van der Waals surface area contributed by atoms with Gasteiger partial charge in [-0.15, -0.1) is 22.7 Å². The van der Waals surface area contributed by atoms with Crippen LogP contribution in [0, 0.1) is 0 Å². The van der Waals surface area contributed by atoms with Gasteiger partial charge in [0.2, 0.25) is 12.7 Å². The van der Waals surface area contributed by atoms with Crippen molar-refractivity contribution in [1.29, 1.82) is 0 Å². The first kappa shape index (κ1) is 52.8. The first-order chi connectivity index (χ1) is 30.5. The number of rotatable bonds is 21. The van der Waals surface area contributed by atoms with Crippen LogP contribution < -0.4 is 19.3 Å². The lowest BCUT2D eigenvalue weighted by atomic mass is 10.1. The molecule has 2 N–H and O–H groups in total. The number of halogens is 4. The molecule has 12 nitrogen and oxygen atoms in total. The molecule has 0 saturated carbocycles. The van der Waals surface area contributed by atoms with E-state index >= 15 is 0 Å². The Bertz CT molecular complexity index is 2150. The molecule has 0 fully saturated rings. The fraction of sp³-hybridized carbons (Fsp3) is 0.391. The Morgan fingerprint density at radius 2 is 1.06 bits per heavy atom. The SMILES string of the molecule is CCC(C)OC(Cn1cc[n+](CC(O)c2ccc(Cl)cc2Cl)c1)c1cccs1.CCC(C)OC(Cn1cc[n+](CC(O)c2ccc(Cl)cc2Cl)c1)c1cccs1.O=C([O-])CCC(=O)[O-]. The quantitative estimate of drug-likeness (QED) is 0.0685. The van der Waals surface area contributed by atoms with Crippen LogP contribution in [0.5, 0.6) is 0 Å². The van der Waals surface area contributed by atoms with E-state index in [0.29, 0.717) is 44.3 Å². The Morgan fingerprint density at radius 3 is 1.38 bits per heavy atom. The molecule has 2 aromatic carbocycles. The molecule has 6 rings (SSSR count). The maximum absolute atomic E-state index is 10.6. The third kappa shape index (κ3) is 17.9. The van der Waals surface area contributed by atoms with Crippen LogP contribution >= 0.6 is 69.1 Å². The number of aliphatic carboxylic acids is 2. The highest BCUT2D eigenvalue weighted by molar-refractivity contribution is 7.10. The fourth-order valence-corrected chi connectivity index (χ4v) is 8.71. The van der Waals surface area contributed by atoms with E-state index in [1.807, 2.05) is 46.6 Å². The van der Waals surface area contributed by atoms with Gasteiger partial charge < -0.3 is 39.5 Å². The number of hydrogen-bond donors (Lipinski definition) is 2. The lowest BCUT2D eigenvalue weighted by Crippen LogP contribution is -2.34. The number of imidazole rings is 2. The van der Waals surface area contributed by atoms with Gasteiger partial charge in [-0.3, -0.25) is 0 Å². The van der Waals surface area contributed by atoms with Gasteiger partial charge in [0.15, 0.2) is 0 Å². The monoisotopic (exact) mass is 994 g/mol. The molecular weight excluding hydrogens is 942 g/mol. The molecule has 6 atom stereocenters. The molecule has 6 aromatic rings. The van der Waals surface area contributed by atoms with Crippen LogP contribution in [0.25, 0.3) is 0 Å². The van der Waals surface area contributed by atoms with Crippen molar-refractivity contribution in [3.63, 3.8) is 0 Å². The molecule has 0 amide bonds. The number of carbonyl (C=O) groups excluding carboxylic acids is 2. The summed E-state index contributed by atoms with van der Waals surface area (Å²) >= 11 is 27.7. The summed E-state index contributed by atoms with van der Waals surface area (Å²) < 4.78 is 20.5. The highest BCUT2D eigenvalue weighted by Gasteiger charge is 2.23. The van der Waals surface area contributed by atoms with Crippen molar-refractivity contribution in [2.24, 2.45) is 0 Å². The molecule has 0 saturated heterocycles. The predicted octanol–water partition coefficient (Wildman–Crippen LogP) is 8.13. The van der Waals surface area contributed by atoms with Gasteiger partial charge in [-0.25, -0.2) is 18.3 Å². The molecule has 4 aromatic heterocycles. The number of benzene rings is 2. The number of aliphatic hydroxyl groups is 2. The number of aliphatic hydroxyl groups excluding tert-OH is 2. The number of carboxylic acids is 2. The topological polar surface area (TPSA) is 157 Å². The van der Waals surface area contributed by atoms with Crippen LogP contribution in [0.2, 0.25) is 20.1 Å². The van der Waals surface area contributed by atoms with Gasteiger partial charge in [-0.2, -0.15) is 0 Å². The van der Waals surface area contributed by atoms with Gasteiger partial charge in [0.25, 0.3) is 0 Å². The van der Waals surface area contributed by atoms with Gasteiger partial charge >= 0.3 is 0 Å². The van der Waals surface area contributed by atoms with Crippen molar-refractivity contribution in [2.45, 2.75) is 116 Å². The third-order valence-corrected chi connectivity index (χ3v) is 12.9. The lowest BCUT2D eigenvalue weighted by Gasteiger charge is -2.19. The number of aromatic nitrogens is 4. The van der Waals surface area contributed by atoms with Gasteiger partial charge in [0.05, 0.1) is 12.2 Å². The number of ether oxygens (including phenoxy) is 2. The lowest BCUT2D eigenvalue weighted by molar-refractivity contribution is -0.704. The van der Waals surface area contributed by atoms with E-state index in [4.69, 9.17) is 55.9 Å². The summed E-state index contributed by atoms with van der Waals surface area (Å²) in [5, 5.41) is 46.3. The number of carbonyl (C=O) groups is 2. The molecule has 0 radical (unpaired) electrons. The Morgan fingerprint density at radius 1 is 0.672 bits per heavy atom. The van der Waals surface area contributed by atoms with Gasteiger partial charge in [0, 0.05) is 52.9 Å². The highest BCUT2D eigenvalue weighted by Crippen LogP contribution is 2.30. The zero-order chi connectivity index (χ0) is 46.8. The second-order valence-electron chi connectivity index (χ2n) is 14.9. The number of nitrogens with zero attached hydrogens (tertiary/aromatic N) is 4. The summed E-state index contributed by atoms with van der Waals surface area (Å²) in [5.74, 6) is -2.73. The van der Waals surface area contributed by atoms with Crippen LogP contribution in [0.1, 0.15) is 98.7 Å². The Hall–Kier alpha value is -3.80. The highest BCUT2D eigenvalue weighted by atomic mass is 35.5. The van der Waals surface area contributed by atoms with Gasteiger partial charge in [-0.1, -0.05) is 84.5 Å². The standard InChI is InChI=1S/2C21H25Cl2N2O2S.C4H6O4/c2*1-3-15(2)27-20(21-5-4-10-28-21)13-25-9-8-24(14-25)12-19(26)17-7-6-16(22)11-18(17)23;5-3(6)1-2-4(7)8/h2*4-11,14-15,19-20,26H,3,12-13H2,1-2H3;1-2H2,(H,5,6)(H,7,8)/q2*+1;/p-2. The second-order valence-corrected chi connectivity index (χ2v) is 18.6. The fourth-order valence-electron chi connectivity index (χ4n) is 6.14. The number of thiophene rings is 2. The van der Waals surface area contributed by atoms with Gasteiger partial charge in [0.1, 0.15) is 75.4 Å². The van der Waals surface area contributed by atoms with Crippen molar-refractivity contribution >= 4 is 81.0 Å². The second kappa shape index (κ2) is 27.0. The van der Waals surface area contributed by atoms with Crippen molar-refractivity contribution in [3.05, 3.63) is 150 Å². The van der Waals surface area contributed by atoms with Crippen molar-refractivity contribution < 1.29 is 48.6 Å². The summed E-state index contributed by atoms with van der Waals surface area (Å²) in [6.07, 6.45) is 11.8. The van der Waals surface area contributed by atoms with Crippen LogP contribution in [-0.2, 0) is 45.2 Å². The summed E-state index contributed by atoms with van der Waals surface area (Å²) in [6, 6.07) is 18.6. The smallest absolute Gasteiger partial charge is 0.243 e. The minimum Gasteiger partial charge on any atom is -0.550 e. The summed E-state index contributed by atoms with van der Waals surface area (Å²) in [6.45, 7) is 10.7. The van der Waals surface area contributed by atoms with Crippen LogP contribution in [0.4, 0.5) is 0 Å². The molecule has 4 heterocycles. The minimum absolute atomic E-state index is 0.00596. The van der Waals surface area contributed by atoms with E-state index in [1.54, 1.807) is 59.1 Å².